The van der Waals surface area contributed by atoms with E-state index in [1.54, 1.807) is 6.20 Å². The van der Waals surface area contributed by atoms with Crippen LogP contribution in [-0.2, 0) is 0 Å². The number of thiol groups is 1. The number of hydrogen-bond acceptors (Lipinski definition) is 3. The zero-order valence-electron chi connectivity index (χ0n) is 6.57. The average Bonchev–Trinajstić information content (AvgIpc) is 2.62. The normalized spacial score (nSPS) is 10.3. The molecule has 0 radical (unpaired) electrons. The van der Waals surface area contributed by atoms with E-state index < -0.39 is 0 Å². The summed E-state index contributed by atoms with van der Waals surface area (Å²) in [4.78, 5) is 4.72. The van der Waals surface area contributed by atoms with Gasteiger partial charge in [-0.3, -0.25) is 0 Å². The fourth-order valence-electron chi connectivity index (χ4n) is 1.04. The van der Waals surface area contributed by atoms with Crippen molar-refractivity contribution >= 4 is 24.2 Å². The Morgan fingerprint density at radius 2 is 2.23 bits per heavy atom. The summed E-state index contributed by atoms with van der Waals surface area (Å²) in [6.45, 7) is 0. The molecule has 0 aliphatic heterocycles. The van der Waals surface area contributed by atoms with Crippen LogP contribution in [0.1, 0.15) is 0 Å². The van der Waals surface area contributed by atoms with E-state index >= 15 is 0 Å². The molecule has 1 aromatic heterocycles. The number of oxazole rings is 1. The fourth-order valence-corrected chi connectivity index (χ4v) is 1.45. The Balaban J connectivity index is 2.59. The van der Waals surface area contributed by atoms with Crippen LogP contribution >= 0.6 is 24.2 Å². The maximum atomic E-state index is 6.01. The van der Waals surface area contributed by atoms with Crippen molar-refractivity contribution in [3.8, 4) is 11.5 Å². The number of rotatable bonds is 1. The number of aromatic nitrogens is 1. The van der Waals surface area contributed by atoms with E-state index in [0.29, 0.717) is 10.9 Å². The number of nitrogens with zero attached hydrogens (tertiary/aromatic N) is 1. The molecular formula is C9H6ClNOS. The van der Waals surface area contributed by atoms with E-state index in [1.807, 2.05) is 18.2 Å². The number of hydrogen-bond donors (Lipinski definition) is 1. The molecule has 0 aliphatic rings. The van der Waals surface area contributed by atoms with Crippen molar-refractivity contribution in [3.05, 3.63) is 35.7 Å². The Labute approximate surface area is 86.0 Å². The molecule has 2 aromatic rings. The molecule has 0 bridgehead atoms. The molecule has 0 atom stereocenters. The van der Waals surface area contributed by atoms with Gasteiger partial charge in [0, 0.05) is 4.90 Å². The van der Waals surface area contributed by atoms with Crippen LogP contribution in [0.5, 0.6) is 0 Å². The standard InChI is InChI=1S/C9H6ClNOS/c10-8-6(2-1-3-7(8)13)9-11-4-5-12-9/h1-5,13H. The predicted molar refractivity (Wildman–Crippen MR) is 54.2 cm³/mol. The fraction of sp³-hybridized carbons (Fsp3) is 0. The lowest BCUT2D eigenvalue weighted by molar-refractivity contribution is 0.574. The summed E-state index contributed by atoms with van der Waals surface area (Å²) in [5, 5.41) is 0.563. The molecule has 0 aliphatic carbocycles. The molecule has 2 nitrogen and oxygen atoms in total. The van der Waals surface area contributed by atoms with Gasteiger partial charge >= 0.3 is 0 Å². The molecule has 0 spiro atoms. The molecule has 1 aromatic carbocycles. The molecule has 0 amide bonds. The summed E-state index contributed by atoms with van der Waals surface area (Å²) in [6.07, 6.45) is 3.09. The Hall–Kier alpha value is -0.930. The highest BCUT2D eigenvalue weighted by atomic mass is 35.5. The van der Waals surface area contributed by atoms with Crippen molar-refractivity contribution in [2.45, 2.75) is 4.90 Å². The molecule has 0 saturated heterocycles. The third-order valence-corrected chi connectivity index (χ3v) is 2.55. The number of benzene rings is 1. The molecule has 2 rings (SSSR count). The molecule has 0 fully saturated rings. The minimum Gasteiger partial charge on any atom is -0.444 e. The smallest absolute Gasteiger partial charge is 0.227 e. The SMILES string of the molecule is Sc1cccc(-c2ncco2)c1Cl. The summed E-state index contributed by atoms with van der Waals surface area (Å²) in [5.74, 6) is 0.515. The third kappa shape index (κ3) is 1.57. The van der Waals surface area contributed by atoms with Crippen LogP contribution in [0, 0.1) is 0 Å². The van der Waals surface area contributed by atoms with Crippen molar-refractivity contribution in [2.75, 3.05) is 0 Å². The summed E-state index contributed by atoms with van der Waals surface area (Å²) < 4.78 is 5.13. The lowest BCUT2D eigenvalue weighted by Gasteiger charge is -2.00. The lowest BCUT2D eigenvalue weighted by Crippen LogP contribution is -1.79. The van der Waals surface area contributed by atoms with E-state index in [2.05, 4.69) is 17.6 Å². The minimum absolute atomic E-state index is 0.515. The summed E-state index contributed by atoms with van der Waals surface area (Å²) >= 11 is 10.2. The van der Waals surface area contributed by atoms with Gasteiger partial charge in [-0.2, -0.15) is 0 Å². The van der Waals surface area contributed by atoms with E-state index in [0.717, 1.165) is 10.5 Å². The van der Waals surface area contributed by atoms with Crippen molar-refractivity contribution in [1.82, 2.24) is 4.98 Å². The van der Waals surface area contributed by atoms with Gasteiger partial charge in [-0.25, -0.2) is 4.98 Å². The molecule has 0 unspecified atom stereocenters. The minimum atomic E-state index is 0.515. The Morgan fingerprint density at radius 1 is 1.38 bits per heavy atom. The molecule has 0 N–H and O–H groups in total. The predicted octanol–water partition coefficient (Wildman–Crippen LogP) is 3.28. The van der Waals surface area contributed by atoms with Gasteiger partial charge in [-0.05, 0) is 12.1 Å². The second-order valence-electron chi connectivity index (χ2n) is 2.48. The second-order valence-corrected chi connectivity index (χ2v) is 3.34. The molecule has 66 valence electrons. The Bertz CT molecular complexity index is 414. The van der Waals surface area contributed by atoms with E-state index in [-0.39, 0.29) is 0 Å². The quantitative estimate of drug-likeness (QED) is 0.733. The highest BCUT2D eigenvalue weighted by Crippen LogP contribution is 2.31. The van der Waals surface area contributed by atoms with Crippen LogP contribution in [0.3, 0.4) is 0 Å². The van der Waals surface area contributed by atoms with Gasteiger partial charge in [0.05, 0.1) is 16.8 Å². The van der Waals surface area contributed by atoms with Gasteiger partial charge in [-0.1, -0.05) is 17.7 Å². The molecule has 13 heavy (non-hydrogen) atoms. The Kier molecular flexibility index (Phi) is 2.29. The molecule has 1 heterocycles. The van der Waals surface area contributed by atoms with Crippen molar-refractivity contribution in [1.29, 1.82) is 0 Å². The van der Waals surface area contributed by atoms with Crippen LogP contribution in [0.25, 0.3) is 11.5 Å². The lowest BCUT2D eigenvalue weighted by atomic mass is 10.2. The first-order valence-electron chi connectivity index (χ1n) is 3.66. The highest BCUT2D eigenvalue weighted by molar-refractivity contribution is 7.80. The summed E-state index contributed by atoms with van der Waals surface area (Å²) in [7, 11) is 0. The zero-order valence-corrected chi connectivity index (χ0v) is 8.22. The monoisotopic (exact) mass is 211 g/mol. The van der Waals surface area contributed by atoms with Crippen molar-refractivity contribution < 1.29 is 4.42 Å². The topological polar surface area (TPSA) is 26.0 Å². The largest absolute Gasteiger partial charge is 0.444 e. The maximum absolute atomic E-state index is 6.01. The van der Waals surface area contributed by atoms with Crippen molar-refractivity contribution in [3.63, 3.8) is 0 Å². The number of halogens is 1. The molecule has 0 saturated carbocycles. The maximum Gasteiger partial charge on any atom is 0.227 e. The third-order valence-electron chi connectivity index (χ3n) is 1.64. The first kappa shape index (κ1) is 8.66. The van der Waals surface area contributed by atoms with Crippen molar-refractivity contribution in [2.24, 2.45) is 0 Å². The van der Waals surface area contributed by atoms with E-state index in [4.69, 9.17) is 16.0 Å². The average molecular weight is 212 g/mol. The van der Waals surface area contributed by atoms with Gasteiger partial charge in [0.15, 0.2) is 0 Å². The van der Waals surface area contributed by atoms with E-state index in [1.165, 1.54) is 6.26 Å². The first-order valence-corrected chi connectivity index (χ1v) is 4.49. The van der Waals surface area contributed by atoms with E-state index in [9.17, 15) is 0 Å². The second kappa shape index (κ2) is 3.44. The molecule has 4 heteroatoms. The van der Waals surface area contributed by atoms with Crippen LogP contribution in [0.4, 0.5) is 0 Å². The van der Waals surface area contributed by atoms with Gasteiger partial charge in [-0.15, -0.1) is 12.6 Å². The van der Waals surface area contributed by atoms with Gasteiger partial charge in [0.25, 0.3) is 0 Å². The summed E-state index contributed by atoms with van der Waals surface area (Å²) in [6, 6.07) is 5.51. The van der Waals surface area contributed by atoms with Crippen LogP contribution in [0.2, 0.25) is 5.02 Å². The highest BCUT2D eigenvalue weighted by Gasteiger charge is 2.08. The Morgan fingerprint density at radius 3 is 2.92 bits per heavy atom. The van der Waals surface area contributed by atoms with Crippen LogP contribution < -0.4 is 0 Å². The van der Waals surface area contributed by atoms with Crippen LogP contribution in [0.15, 0.2) is 40.0 Å². The summed E-state index contributed by atoms with van der Waals surface area (Å²) in [5.41, 5.74) is 0.763. The van der Waals surface area contributed by atoms with Gasteiger partial charge < -0.3 is 4.42 Å². The van der Waals surface area contributed by atoms with Gasteiger partial charge in [0.2, 0.25) is 5.89 Å². The van der Waals surface area contributed by atoms with Crippen LogP contribution in [-0.4, -0.2) is 4.98 Å². The zero-order chi connectivity index (χ0) is 9.26. The molecular weight excluding hydrogens is 206 g/mol. The van der Waals surface area contributed by atoms with Gasteiger partial charge in [0.1, 0.15) is 6.26 Å². The first-order chi connectivity index (χ1) is 6.29.